The number of ether oxygens (including phenoxy) is 2. The molecule has 0 saturated heterocycles. The Morgan fingerprint density at radius 2 is 1.84 bits per heavy atom. The van der Waals surface area contributed by atoms with Crippen LogP contribution in [0.25, 0.3) is 0 Å². The number of carbonyl (C=O) groups excluding carboxylic acids is 2. The van der Waals surface area contributed by atoms with Gasteiger partial charge in [0.1, 0.15) is 0 Å². The standard InChI is InChI=1S/C23H28BrN3O4/c1-4-5-12-31-23-19(24)13-17(14-20(23)30-3)15-25-27-22(29)11-10-21(28)26-18-8-6-16(2)7-9-18/h6-9,13-15H,4-5,10-12H2,1-3H3,(H,26,28)(H,27,29). The molecule has 2 rings (SSSR count). The van der Waals surface area contributed by atoms with E-state index in [0.29, 0.717) is 23.8 Å². The van der Waals surface area contributed by atoms with E-state index in [-0.39, 0.29) is 24.7 Å². The number of nitrogens with zero attached hydrogens (tertiary/aromatic N) is 1. The van der Waals surface area contributed by atoms with Crippen molar-refractivity contribution < 1.29 is 19.1 Å². The first kappa shape index (κ1) is 24.4. The van der Waals surface area contributed by atoms with Crippen LogP contribution in [0.2, 0.25) is 0 Å². The van der Waals surface area contributed by atoms with Crippen molar-refractivity contribution in [2.45, 2.75) is 39.5 Å². The van der Waals surface area contributed by atoms with Crippen molar-refractivity contribution >= 4 is 39.6 Å². The number of hydrogen-bond donors (Lipinski definition) is 2. The highest BCUT2D eigenvalue weighted by Gasteiger charge is 2.11. The molecule has 0 saturated carbocycles. The number of amides is 2. The average Bonchev–Trinajstić information content (AvgIpc) is 2.75. The predicted molar refractivity (Wildman–Crippen MR) is 126 cm³/mol. The third-order valence-electron chi connectivity index (χ3n) is 4.31. The molecule has 0 heterocycles. The summed E-state index contributed by atoms with van der Waals surface area (Å²) in [6.45, 7) is 4.67. The smallest absolute Gasteiger partial charge is 0.240 e. The van der Waals surface area contributed by atoms with Gasteiger partial charge < -0.3 is 14.8 Å². The minimum atomic E-state index is -0.346. The lowest BCUT2D eigenvalue weighted by molar-refractivity contribution is -0.124. The van der Waals surface area contributed by atoms with Gasteiger partial charge in [-0.1, -0.05) is 31.0 Å². The lowest BCUT2D eigenvalue weighted by Crippen LogP contribution is -2.20. The minimum absolute atomic E-state index is 0.0340. The molecular formula is C23H28BrN3O4. The quantitative estimate of drug-likeness (QED) is 0.269. The summed E-state index contributed by atoms with van der Waals surface area (Å²) < 4.78 is 11.9. The van der Waals surface area contributed by atoms with Gasteiger partial charge in [0, 0.05) is 18.5 Å². The van der Waals surface area contributed by atoms with E-state index in [2.05, 4.69) is 38.7 Å². The zero-order valence-corrected chi connectivity index (χ0v) is 19.6. The fourth-order valence-corrected chi connectivity index (χ4v) is 3.17. The number of hydrazone groups is 1. The molecule has 7 nitrogen and oxygen atoms in total. The van der Waals surface area contributed by atoms with Crippen LogP contribution >= 0.6 is 15.9 Å². The molecule has 0 atom stereocenters. The fraction of sp³-hybridized carbons (Fsp3) is 0.348. The molecule has 2 aromatic carbocycles. The van der Waals surface area contributed by atoms with E-state index in [9.17, 15) is 9.59 Å². The van der Waals surface area contributed by atoms with Crippen molar-refractivity contribution in [3.05, 3.63) is 52.0 Å². The zero-order valence-electron chi connectivity index (χ0n) is 18.0. The maximum Gasteiger partial charge on any atom is 0.240 e. The molecule has 0 aliphatic heterocycles. The Morgan fingerprint density at radius 3 is 2.52 bits per heavy atom. The summed E-state index contributed by atoms with van der Waals surface area (Å²) in [6.07, 6.45) is 3.60. The van der Waals surface area contributed by atoms with Gasteiger partial charge in [-0.3, -0.25) is 9.59 Å². The molecule has 0 unspecified atom stereocenters. The van der Waals surface area contributed by atoms with Gasteiger partial charge in [0.25, 0.3) is 0 Å². The van der Waals surface area contributed by atoms with E-state index in [0.717, 1.165) is 28.4 Å². The largest absolute Gasteiger partial charge is 0.493 e. The topological polar surface area (TPSA) is 89.0 Å². The van der Waals surface area contributed by atoms with Crippen LogP contribution in [0.5, 0.6) is 11.5 Å². The zero-order chi connectivity index (χ0) is 22.6. The van der Waals surface area contributed by atoms with E-state index < -0.39 is 0 Å². The Hall–Kier alpha value is -2.87. The second-order valence-corrected chi connectivity index (χ2v) is 7.80. The van der Waals surface area contributed by atoms with Crippen LogP contribution in [0.4, 0.5) is 5.69 Å². The monoisotopic (exact) mass is 489 g/mol. The molecule has 2 aromatic rings. The number of methoxy groups -OCH3 is 1. The van der Waals surface area contributed by atoms with Crippen LogP contribution in [-0.4, -0.2) is 31.7 Å². The number of aryl methyl sites for hydroxylation is 1. The highest BCUT2D eigenvalue weighted by atomic mass is 79.9. The van der Waals surface area contributed by atoms with Gasteiger partial charge in [-0.2, -0.15) is 5.10 Å². The van der Waals surface area contributed by atoms with Gasteiger partial charge in [-0.15, -0.1) is 0 Å². The summed E-state index contributed by atoms with van der Waals surface area (Å²) in [6, 6.07) is 11.1. The average molecular weight is 490 g/mol. The van der Waals surface area contributed by atoms with Crippen LogP contribution < -0.4 is 20.2 Å². The number of unbranched alkanes of at least 4 members (excludes halogenated alkanes) is 1. The number of halogens is 1. The van der Waals surface area contributed by atoms with Crippen molar-refractivity contribution in [3.63, 3.8) is 0 Å². The molecule has 0 radical (unpaired) electrons. The first-order chi connectivity index (χ1) is 14.9. The van der Waals surface area contributed by atoms with Crippen LogP contribution in [0.15, 0.2) is 46.0 Å². The molecule has 8 heteroatoms. The Kier molecular flexibility index (Phi) is 10.0. The summed E-state index contributed by atoms with van der Waals surface area (Å²) in [4.78, 5) is 23.9. The Bertz CT molecular complexity index is 914. The molecule has 2 amide bonds. The summed E-state index contributed by atoms with van der Waals surface area (Å²) >= 11 is 3.49. The molecule has 0 fully saturated rings. The van der Waals surface area contributed by atoms with E-state index in [1.807, 2.05) is 37.3 Å². The summed E-state index contributed by atoms with van der Waals surface area (Å²) in [5.74, 6) is 0.638. The van der Waals surface area contributed by atoms with Crippen molar-refractivity contribution in [2.75, 3.05) is 19.0 Å². The van der Waals surface area contributed by atoms with Gasteiger partial charge in [-0.05, 0) is 59.1 Å². The number of rotatable bonds is 11. The highest BCUT2D eigenvalue weighted by molar-refractivity contribution is 9.10. The molecule has 0 aromatic heterocycles. The molecule has 166 valence electrons. The maximum atomic E-state index is 12.0. The molecular weight excluding hydrogens is 462 g/mol. The summed E-state index contributed by atoms with van der Waals surface area (Å²) in [5.41, 5.74) is 4.97. The van der Waals surface area contributed by atoms with E-state index in [1.165, 1.54) is 6.21 Å². The third kappa shape index (κ3) is 8.41. The number of nitrogens with one attached hydrogen (secondary N) is 2. The Morgan fingerprint density at radius 1 is 1.13 bits per heavy atom. The normalized spacial score (nSPS) is 10.7. The number of anilines is 1. The Balaban J connectivity index is 1.84. The number of hydrogen-bond acceptors (Lipinski definition) is 5. The maximum absolute atomic E-state index is 12.0. The lowest BCUT2D eigenvalue weighted by Gasteiger charge is -2.13. The summed E-state index contributed by atoms with van der Waals surface area (Å²) in [5, 5.41) is 6.72. The molecule has 0 aliphatic rings. The van der Waals surface area contributed by atoms with E-state index in [4.69, 9.17) is 9.47 Å². The SMILES string of the molecule is CCCCOc1c(Br)cc(C=NNC(=O)CCC(=O)Nc2ccc(C)cc2)cc1OC. The van der Waals surface area contributed by atoms with E-state index in [1.54, 1.807) is 13.2 Å². The van der Waals surface area contributed by atoms with Crippen LogP contribution in [-0.2, 0) is 9.59 Å². The van der Waals surface area contributed by atoms with Crippen molar-refractivity contribution in [3.8, 4) is 11.5 Å². The van der Waals surface area contributed by atoms with Crippen molar-refractivity contribution in [2.24, 2.45) is 5.10 Å². The fourth-order valence-electron chi connectivity index (χ4n) is 2.60. The summed E-state index contributed by atoms with van der Waals surface area (Å²) in [7, 11) is 1.57. The first-order valence-electron chi connectivity index (χ1n) is 10.1. The molecule has 31 heavy (non-hydrogen) atoms. The van der Waals surface area contributed by atoms with Gasteiger partial charge in [0.2, 0.25) is 11.8 Å². The second kappa shape index (κ2) is 12.7. The second-order valence-electron chi connectivity index (χ2n) is 6.94. The van der Waals surface area contributed by atoms with Crippen LogP contribution in [0, 0.1) is 6.92 Å². The number of benzene rings is 2. The van der Waals surface area contributed by atoms with Gasteiger partial charge in [-0.25, -0.2) is 5.43 Å². The third-order valence-corrected chi connectivity index (χ3v) is 4.90. The van der Waals surface area contributed by atoms with E-state index >= 15 is 0 Å². The molecule has 0 bridgehead atoms. The molecule has 2 N–H and O–H groups in total. The minimum Gasteiger partial charge on any atom is -0.493 e. The Labute approximate surface area is 191 Å². The van der Waals surface area contributed by atoms with Crippen molar-refractivity contribution in [1.82, 2.24) is 5.43 Å². The lowest BCUT2D eigenvalue weighted by atomic mass is 10.2. The predicted octanol–water partition coefficient (Wildman–Crippen LogP) is 4.81. The van der Waals surface area contributed by atoms with Gasteiger partial charge in [0.05, 0.1) is 24.4 Å². The first-order valence-corrected chi connectivity index (χ1v) is 10.9. The van der Waals surface area contributed by atoms with Crippen LogP contribution in [0.3, 0.4) is 0 Å². The molecule has 0 spiro atoms. The van der Waals surface area contributed by atoms with Crippen LogP contribution in [0.1, 0.15) is 43.7 Å². The van der Waals surface area contributed by atoms with Gasteiger partial charge >= 0.3 is 0 Å². The molecule has 0 aliphatic carbocycles. The number of carbonyl (C=O) groups is 2. The van der Waals surface area contributed by atoms with Crippen molar-refractivity contribution in [1.29, 1.82) is 0 Å². The highest BCUT2D eigenvalue weighted by Crippen LogP contribution is 2.36. The van der Waals surface area contributed by atoms with Gasteiger partial charge in [0.15, 0.2) is 11.5 Å².